The second-order valence-corrected chi connectivity index (χ2v) is 2.78. The number of esters is 1. The van der Waals surface area contributed by atoms with E-state index < -0.39 is 5.97 Å². The quantitative estimate of drug-likeness (QED) is 0.466. The first kappa shape index (κ1) is 10.1. The molecule has 0 aliphatic carbocycles. The van der Waals surface area contributed by atoms with Crippen LogP contribution in [0.2, 0.25) is 0 Å². The lowest BCUT2D eigenvalue weighted by Crippen LogP contribution is -2.10. The number of carbonyl (C=O) groups is 1. The van der Waals surface area contributed by atoms with Gasteiger partial charge in [0.2, 0.25) is 0 Å². The van der Waals surface area contributed by atoms with Gasteiger partial charge in [-0.3, -0.25) is 0 Å². The van der Waals surface area contributed by atoms with Gasteiger partial charge >= 0.3 is 5.97 Å². The Morgan fingerprint density at radius 3 is 2.55 bits per heavy atom. The number of carbonyl (C=O) groups excluding carboxylic acids is 1. The van der Waals surface area contributed by atoms with E-state index >= 15 is 0 Å². The van der Waals surface area contributed by atoms with E-state index in [0.717, 1.165) is 0 Å². The lowest BCUT2D eigenvalue weighted by molar-refractivity contribution is -0.140. The van der Waals surface area contributed by atoms with Gasteiger partial charge in [-0.15, -0.1) is 0 Å². The highest BCUT2D eigenvalue weighted by Gasteiger charge is 2.05. The number of ether oxygens (including phenoxy) is 1. The monoisotopic (exact) mass is 160 g/mol. The van der Waals surface area contributed by atoms with Gasteiger partial charge in [-0.1, -0.05) is 13.8 Å². The molecule has 0 radical (unpaired) electrons. The summed E-state index contributed by atoms with van der Waals surface area (Å²) in [6.45, 7) is 5.55. The standard InChI is InChI=1S/C8H13FO2/c1-6(2)5-11-8(10)7(3)4-9/h4,6H,5H2,1-3H3. The molecule has 0 fully saturated rings. The predicted octanol–water partition coefficient (Wildman–Crippen LogP) is 2.06. The van der Waals surface area contributed by atoms with E-state index in [1.165, 1.54) is 6.92 Å². The average molecular weight is 160 g/mol. The maximum absolute atomic E-state index is 11.7. The fourth-order valence-electron chi connectivity index (χ4n) is 0.401. The maximum atomic E-state index is 11.7. The van der Waals surface area contributed by atoms with Gasteiger partial charge in [0, 0.05) is 0 Å². The van der Waals surface area contributed by atoms with Crippen molar-refractivity contribution in [1.29, 1.82) is 0 Å². The van der Waals surface area contributed by atoms with Crippen molar-refractivity contribution in [3.63, 3.8) is 0 Å². The first-order valence-corrected chi connectivity index (χ1v) is 3.52. The second kappa shape index (κ2) is 4.88. The molecule has 0 unspecified atom stereocenters. The lowest BCUT2D eigenvalue weighted by Gasteiger charge is -2.05. The molecule has 11 heavy (non-hydrogen) atoms. The summed E-state index contributed by atoms with van der Waals surface area (Å²) < 4.78 is 16.4. The maximum Gasteiger partial charge on any atom is 0.336 e. The van der Waals surface area contributed by atoms with Crippen LogP contribution in [-0.2, 0) is 9.53 Å². The summed E-state index contributed by atoms with van der Waals surface area (Å²) in [6.07, 6.45) is 0.253. The molecule has 0 amide bonds. The van der Waals surface area contributed by atoms with Gasteiger partial charge in [0.05, 0.1) is 18.5 Å². The molecule has 0 saturated heterocycles. The zero-order valence-electron chi connectivity index (χ0n) is 7.06. The van der Waals surface area contributed by atoms with Gasteiger partial charge in [0.25, 0.3) is 0 Å². The van der Waals surface area contributed by atoms with Crippen LogP contribution in [0.25, 0.3) is 0 Å². The zero-order valence-corrected chi connectivity index (χ0v) is 7.06. The molecule has 0 N–H and O–H groups in total. The molecular weight excluding hydrogens is 147 g/mol. The topological polar surface area (TPSA) is 26.3 Å². The Bertz CT molecular complexity index is 161. The molecule has 0 atom stereocenters. The van der Waals surface area contributed by atoms with Crippen molar-refractivity contribution in [2.24, 2.45) is 5.92 Å². The van der Waals surface area contributed by atoms with E-state index in [0.29, 0.717) is 6.61 Å². The molecule has 3 heteroatoms. The van der Waals surface area contributed by atoms with Crippen molar-refractivity contribution in [3.05, 3.63) is 11.9 Å². The van der Waals surface area contributed by atoms with Crippen molar-refractivity contribution in [3.8, 4) is 0 Å². The fourth-order valence-corrected chi connectivity index (χ4v) is 0.401. The largest absolute Gasteiger partial charge is 0.462 e. The zero-order chi connectivity index (χ0) is 8.85. The summed E-state index contributed by atoms with van der Waals surface area (Å²) in [7, 11) is 0. The molecule has 0 saturated carbocycles. The molecule has 0 aromatic heterocycles. The third-order valence-electron chi connectivity index (χ3n) is 1.03. The summed E-state index contributed by atoms with van der Waals surface area (Å²) in [5.41, 5.74) is 0.00523. The van der Waals surface area contributed by atoms with Crippen molar-refractivity contribution in [2.75, 3.05) is 6.61 Å². The average Bonchev–Trinajstić information content (AvgIpc) is 1.98. The number of rotatable bonds is 3. The minimum Gasteiger partial charge on any atom is -0.462 e. The SMILES string of the molecule is CC(=CF)C(=O)OCC(C)C. The van der Waals surface area contributed by atoms with Gasteiger partial charge < -0.3 is 4.74 Å². The molecule has 0 aromatic carbocycles. The first-order chi connectivity index (χ1) is 5.07. The van der Waals surface area contributed by atoms with Gasteiger partial charge in [-0.05, 0) is 12.8 Å². The molecule has 0 bridgehead atoms. The van der Waals surface area contributed by atoms with E-state index in [1.807, 2.05) is 13.8 Å². The summed E-state index contributed by atoms with van der Waals surface area (Å²) in [5.74, 6) is -0.299. The molecule has 0 rings (SSSR count). The van der Waals surface area contributed by atoms with Crippen molar-refractivity contribution in [1.82, 2.24) is 0 Å². The van der Waals surface area contributed by atoms with Crippen LogP contribution in [0.4, 0.5) is 4.39 Å². The van der Waals surface area contributed by atoms with Crippen LogP contribution in [0.1, 0.15) is 20.8 Å². The van der Waals surface area contributed by atoms with E-state index in [1.54, 1.807) is 0 Å². The normalized spacial score (nSPS) is 11.9. The second-order valence-electron chi connectivity index (χ2n) is 2.78. The van der Waals surface area contributed by atoms with E-state index in [9.17, 15) is 9.18 Å². The molecule has 0 aliphatic rings. The highest BCUT2D eigenvalue weighted by atomic mass is 19.1. The Morgan fingerprint density at radius 2 is 2.18 bits per heavy atom. The van der Waals surface area contributed by atoms with E-state index in [2.05, 4.69) is 0 Å². The minimum atomic E-state index is -0.582. The Hall–Kier alpha value is -0.860. The Kier molecular flexibility index (Phi) is 4.50. The summed E-state index contributed by atoms with van der Waals surface area (Å²) >= 11 is 0. The lowest BCUT2D eigenvalue weighted by atomic mass is 10.2. The molecule has 0 aromatic rings. The van der Waals surface area contributed by atoms with Gasteiger partial charge in [0.15, 0.2) is 0 Å². The van der Waals surface area contributed by atoms with Gasteiger partial charge in [-0.25, -0.2) is 9.18 Å². The van der Waals surface area contributed by atoms with Crippen LogP contribution in [0, 0.1) is 5.92 Å². The smallest absolute Gasteiger partial charge is 0.336 e. The van der Waals surface area contributed by atoms with Crippen molar-refractivity contribution < 1.29 is 13.9 Å². The third-order valence-corrected chi connectivity index (χ3v) is 1.03. The number of hydrogen-bond acceptors (Lipinski definition) is 2. The summed E-state index contributed by atoms with van der Waals surface area (Å²) in [4.78, 5) is 10.7. The summed E-state index contributed by atoms with van der Waals surface area (Å²) in [5, 5.41) is 0. The van der Waals surface area contributed by atoms with Crippen LogP contribution in [0.5, 0.6) is 0 Å². The van der Waals surface area contributed by atoms with E-state index in [4.69, 9.17) is 4.74 Å². The highest BCUT2D eigenvalue weighted by Crippen LogP contribution is 1.99. The van der Waals surface area contributed by atoms with Crippen LogP contribution >= 0.6 is 0 Å². The molecule has 0 aliphatic heterocycles. The van der Waals surface area contributed by atoms with Crippen LogP contribution in [-0.4, -0.2) is 12.6 Å². The number of hydrogen-bond donors (Lipinski definition) is 0. The minimum absolute atomic E-state index is 0.00523. The molecule has 2 nitrogen and oxygen atoms in total. The van der Waals surface area contributed by atoms with Crippen LogP contribution in [0.15, 0.2) is 11.9 Å². The Balaban J connectivity index is 3.71. The van der Waals surface area contributed by atoms with Crippen LogP contribution in [0.3, 0.4) is 0 Å². The van der Waals surface area contributed by atoms with Crippen molar-refractivity contribution in [2.45, 2.75) is 20.8 Å². The van der Waals surface area contributed by atoms with Gasteiger partial charge in [0.1, 0.15) is 0 Å². The molecule has 64 valence electrons. The number of halogens is 1. The first-order valence-electron chi connectivity index (χ1n) is 3.52. The highest BCUT2D eigenvalue weighted by molar-refractivity contribution is 5.87. The molecular formula is C8H13FO2. The van der Waals surface area contributed by atoms with Crippen LogP contribution < -0.4 is 0 Å². The van der Waals surface area contributed by atoms with Gasteiger partial charge in [-0.2, -0.15) is 0 Å². The van der Waals surface area contributed by atoms with Crippen molar-refractivity contribution >= 4 is 5.97 Å². The third kappa shape index (κ3) is 4.53. The predicted molar refractivity (Wildman–Crippen MR) is 40.7 cm³/mol. The molecule has 0 heterocycles. The Labute approximate surface area is 66.0 Å². The van der Waals surface area contributed by atoms with E-state index in [-0.39, 0.29) is 17.8 Å². The Morgan fingerprint density at radius 1 is 1.64 bits per heavy atom. The molecule has 0 spiro atoms. The summed E-state index contributed by atoms with van der Waals surface area (Å²) in [6, 6.07) is 0. The fraction of sp³-hybridized carbons (Fsp3) is 0.625.